The molecule has 2 heteroatoms. The van der Waals surface area contributed by atoms with Gasteiger partial charge in [-0.25, -0.2) is 0 Å². The van der Waals surface area contributed by atoms with Crippen molar-refractivity contribution in [3.63, 3.8) is 0 Å². The van der Waals surface area contributed by atoms with Crippen LogP contribution in [0.2, 0.25) is 0 Å². The third-order valence-electron chi connectivity index (χ3n) is 1.25. The number of unbranched alkanes of at least 4 members (excludes halogenated alkanes) is 2. The molecule has 1 radical (unpaired) electrons. The molecular formula is C8H17O2. The molecule has 0 bridgehead atoms. The van der Waals surface area contributed by atoms with Crippen molar-refractivity contribution in [3.8, 4) is 0 Å². The van der Waals surface area contributed by atoms with E-state index in [4.69, 9.17) is 9.84 Å². The second-order valence-corrected chi connectivity index (χ2v) is 2.24. The number of ether oxygens (including phenoxy) is 1. The van der Waals surface area contributed by atoms with Crippen LogP contribution in [-0.4, -0.2) is 24.9 Å². The van der Waals surface area contributed by atoms with Crippen LogP contribution in [0.15, 0.2) is 0 Å². The van der Waals surface area contributed by atoms with Gasteiger partial charge in [0, 0.05) is 19.8 Å². The molecule has 0 heterocycles. The van der Waals surface area contributed by atoms with Crippen LogP contribution in [0.1, 0.15) is 26.2 Å². The molecule has 0 aromatic heterocycles. The van der Waals surface area contributed by atoms with Crippen molar-refractivity contribution < 1.29 is 9.84 Å². The molecule has 0 rings (SSSR count). The molecule has 0 aliphatic rings. The zero-order valence-corrected chi connectivity index (χ0v) is 6.68. The second kappa shape index (κ2) is 8.92. The Balaban J connectivity index is 2.65. The lowest BCUT2D eigenvalue weighted by Gasteiger charge is -2.00. The Labute approximate surface area is 63.2 Å². The SMILES string of the molecule is C[CH]CCOCCCCO. The summed E-state index contributed by atoms with van der Waals surface area (Å²) in [6, 6.07) is 0. The zero-order valence-electron chi connectivity index (χ0n) is 6.68. The molecule has 2 nitrogen and oxygen atoms in total. The predicted molar refractivity (Wildman–Crippen MR) is 41.7 cm³/mol. The van der Waals surface area contributed by atoms with Gasteiger partial charge in [0.05, 0.1) is 0 Å². The first-order valence-electron chi connectivity index (χ1n) is 3.88. The van der Waals surface area contributed by atoms with E-state index in [0.29, 0.717) is 0 Å². The molecule has 0 saturated carbocycles. The Morgan fingerprint density at radius 3 is 2.70 bits per heavy atom. The van der Waals surface area contributed by atoms with E-state index in [2.05, 4.69) is 6.42 Å². The Kier molecular flexibility index (Phi) is 8.85. The van der Waals surface area contributed by atoms with E-state index >= 15 is 0 Å². The molecule has 0 amide bonds. The maximum atomic E-state index is 8.41. The fourth-order valence-corrected chi connectivity index (χ4v) is 0.619. The second-order valence-electron chi connectivity index (χ2n) is 2.24. The highest BCUT2D eigenvalue weighted by Gasteiger charge is 1.87. The van der Waals surface area contributed by atoms with Gasteiger partial charge in [0.25, 0.3) is 0 Å². The van der Waals surface area contributed by atoms with Crippen LogP contribution < -0.4 is 0 Å². The molecule has 0 aromatic rings. The van der Waals surface area contributed by atoms with Crippen LogP contribution in [0.3, 0.4) is 0 Å². The van der Waals surface area contributed by atoms with Gasteiger partial charge in [0.2, 0.25) is 0 Å². The lowest BCUT2D eigenvalue weighted by atomic mass is 10.3. The fourth-order valence-electron chi connectivity index (χ4n) is 0.619. The number of rotatable bonds is 7. The lowest BCUT2D eigenvalue weighted by Crippen LogP contribution is -1.97. The maximum absolute atomic E-state index is 8.41. The van der Waals surface area contributed by atoms with Gasteiger partial charge in [0.15, 0.2) is 0 Å². The number of aliphatic hydroxyl groups is 1. The van der Waals surface area contributed by atoms with E-state index in [1.165, 1.54) is 0 Å². The first-order chi connectivity index (χ1) is 4.91. The van der Waals surface area contributed by atoms with Crippen LogP contribution in [0.25, 0.3) is 0 Å². The molecular weight excluding hydrogens is 128 g/mol. The maximum Gasteiger partial charge on any atom is 0.0468 e. The molecule has 0 atom stereocenters. The van der Waals surface area contributed by atoms with Crippen LogP contribution >= 0.6 is 0 Å². The van der Waals surface area contributed by atoms with Gasteiger partial charge in [-0.15, -0.1) is 0 Å². The molecule has 61 valence electrons. The van der Waals surface area contributed by atoms with Crippen molar-refractivity contribution in [2.75, 3.05) is 19.8 Å². The van der Waals surface area contributed by atoms with E-state index in [1.54, 1.807) is 0 Å². The smallest absolute Gasteiger partial charge is 0.0468 e. The topological polar surface area (TPSA) is 29.5 Å². The summed E-state index contributed by atoms with van der Waals surface area (Å²) in [6.45, 7) is 3.91. The summed E-state index contributed by atoms with van der Waals surface area (Å²) >= 11 is 0. The standard InChI is InChI=1S/C8H17O2/c1-2-3-7-10-8-5-4-6-9/h2,9H,3-8H2,1H3. The van der Waals surface area contributed by atoms with Gasteiger partial charge in [0.1, 0.15) is 0 Å². The lowest BCUT2D eigenvalue weighted by molar-refractivity contribution is 0.127. The highest BCUT2D eigenvalue weighted by atomic mass is 16.5. The Morgan fingerprint density at radius 2 is 2.10 bits per heavy atom. The first-order valence-corrected chi connectivity index (χ1v) is 3.88. The van der Waals surface area contributed by atoms with Gasteiger partial charge in [-0.05, 0) is 25.7 Å². The van der Waals surface area contributed by atoms with Crippen molar-refractivity contribution in [2.24, 2.45) is 0 Å². The summed E-state index contributed by atoms with van der Waals surface area (Å²) in [6.07, 6.45) is 4.95. The predicted octanol–water partition coefficient (Wildman–Crippen LogP) is 1.39. The average Bonchev–Trinajstić information content (AvgIpc) is 1.97. The van der Waals surface area contributed by atoms with Gasteiger partial charge in [-0.3, -0.25) is 0 Å². The largest absolute Gasteiger partial charge is 0.396 e. The molecule has 0 unspecified atom stereocenters. The van der Waals surface area contributed by atoms with Crippen molar-refractivity contribution in [1.82, 2.24) is 0 Å². The molecule has 0 aromatic carbocycles. The molecule has 0 fully saturated rings. The minimum atomic E-state index is 0.281. The number of aliphatic hydroxyl groups excluding tert-OH is 1. The van der Waals surface area contributed by atoms with E-state index in [9.17, 15) is 0 Å². The van der Waals surface area contributed by atoms with Crippen LogP contribution in [-0.2, 0) is 4.74 Å². The fraction of sp³-hybridized carbons (Fsp3) is 0.875. The number of hydrogen-bond donors (Lipinski definition) is 1. The zero-order chi connectivity index (χ0) is 7.66. The van der Waals surface area contributed by atoms with Gasteiger partial charge >= 0.3 is 0 Å². The average molecular weight is 145 g/mol. The summed E-state index contributed by atoms with van der Waals surface area (Å²) < 4.78 is 5.23. The van der Waals surface area contributed by atoms with Crippen molar-refractivity contribution in [2.45, 2.75) is 26.2 Å². The minimum Gasteiger partial charge on any atom is -0.396 e. The Bertz CT molecular complexity index is 47.2. The van der Waals surface area contributed by atoms with Crippen molar-refractivity contribution >= 4 is 0 Å². The highest BCUT2D eigenvalue weighted by Crippen LogP contribution is 1.91. The molecule has 1 N–H and O–H groups in total. The van der Waals surface area contributed by atoms with E-state index in [1.807, 2.05) is 6.92 Å². The highest BCUT2D eigenvalue weighted by molar-refractivity contribution is 4.52. The van der Waals surface area contributed by atoms with Gasteiger partial charge in [-0.2, -0.15) is 0 Å². The van der Waals surface area contributed by atoms with E-state index in [-0.39, 0.29) is 6.61 Å². The third kappa shape index (κ3) is 7.92. The molecule has 0 aliphatic carbocycles. The quantitative estimate of drug-likeness (QED) is 0.548. The Hall–Kier alpha value is -0.0800. The van der Waals surface area contributed by atoms with Crippen LogP contribution in [0.4, 0.5) is 0 Å². The number of hydrogen-bond acceptors (Lipinski definition) is 2. The minimum absolute atomic E-state index is 0.281. The summed E-state index contributed by atoms with van der Waals surface area (Å²) in [5, 5.41) is 8.41. The molecule has 0 spiro atoms. The first kappa shape index (κ1) is 9.92. The summed E-state index contributed by atoms with van der Waals surface area (Å²) in [5.41, 5.74) is 0. The van der Waals surface area contributed by atoms with Crippen LogP contribution in [0.5, 0.6) is 0 Å². The van der Waals surface area contributed by atoms with Crippen molar-refractivity contribution in [3.05, 3.63) is 6.42 Å². The molecule has 0 aliphatic heterocycles. The van der Waals surface area contributed by atoms with E-state index < -0.39 is 0 Å². The summed E-state index contributed by atoms with van der Waals surface area (Å²) in [4.78, 5) is 0. The van der Waals surface area contributed by atoms with E-state index in [0.717, 1.165) is 32.5 Å². The Morgan fingerprint density at radius 1 is 1.30 bits per heavy atom. The normalized spacial score (nSPS) is 10.2. The monoisotopic (exact) mass is 145 g/mol. The van der Waals surface area contributed by atoms with Crippen LogP contribution in [0, 0.1) is 6.42 Å². The van der Waals surface area contributed by atoms with Crippen molar-refractivity contribution in [1.29, 1.82) is 0 Å². The van der Waals surface area contributed by atoms with Gasteiger partial charge in [-0.1, -0.05) is 6.92 Å². The molecule has 0 saturated heterocycles. The van der Waals surface area contributed by atoms with Gasteiger partial charge < -0.3 is 9.84 Å². The summed E-state index contributed by atoms with van der Waals surface area (Å²) in [5.74, 6) is 0. The summed E-state index contributed by atoms with van der Waals surface area (Å²) in [7, 11) is 0. The third-order valence-corrected chi connectivity index (χ3v) is 1.25. The molecule has 10 heavy (non-hydrogen) atoms.